The Balaban J connectivity index is 3.88. The fraction of sp³-hybridized carbons (Fsp3) is 1.00. The van der Waals surface area contributed by atoms with Gasteiger partial charge >= 0.3 is 0 Å². The molecule has 0 saturated heterocycles. The van der Waals surface area contributed by atoms with Crippen molar-refractivity contribution in [2.45, 2.75) is 32.7 Å². The molecule has 0 aliphatic carbocycles. The number of hydrogen-bond donors (Lipinski definition) is 2. The first-order chi connectivity index (χ1) is 5.06. The van der Waals surface area contributed by atoms with E-state index in [0.717, 1.165) is 19.5 Å². The van der Waals surface area contributed by atoms with E-state index in [1.54, 1.807) is 7.05 Å². The van der Waals surface area contributed by atoms with Gasteiger partial charge in [-0.15, -0.1) is 0 Å². The molecule has 0 saturated carbocycles. The Morgan fingerprint density at radius 3 is 2.27 bits per heavy atom. The molecule has 0 aromatic heterocycles. The van der Waals surface area contributed by atoms with E-state index in [2.05, 4.69) is 19.2 Å². The van der Waals surface area contributed by atoms with Gasteiger partial charge in [0.15, 0.2) is 0 Å². The monoisotopic (exact) mass is 160 g/mol. The summed E-state index contributed by atoms with van der Waals surface area (Å²) in [7, 11) is 1.70. The molecule has 2 N–H and O–H groups in total. The predicted octanol–water partition coefficient (Wildman–Crippen LogP) is 1.09. The first-order valence-electron chi connectivity index (χ1n) is 4.20. The van der Waals surface area contributed by atoms with Crippen molar-refractivity contribution < 1.29 is 5.21 Å². The van der Waals surface area contributed by atoms with E-state index in [0.29, 0.717) is 0 Å². The quantitative estimate of drug-likeness (QED) is 0.591. The summed E-state index contributed by atoms with van der Waals surface area (Å²) in [4.78, 5) is 0. The van der Waals surface area contributed by atoms with Crippen LogP contribution >= 0.6 is 0 Å². The van der Waals surface area contributed by atoms with Crippen LogP contribution in [0.15, 0.2) is 0 Å². The van der Waals surface area contributed by atoms with Crippen molar-refractivity contribution in [3.63, 3.8) is 0 Å². The molecule has 1 atom stereocenters. The molecule has 11 heavy (non-hydrogen) atoms. The van der Waals surface area contributed by atoms with Crippen LogP contribution in [0, 0.1) is 0 Å². The lowest BCUT2D eigenvalue weighted by atomic mass is 9.99. The SMILES string of the molecule is CCNCC(C)(CC)N(C)O. The molecule has 0 fully saturated rings. The van der Waals surface area contributed by atoms with E-state index in [1.807, 2.05) is 6.92 Å². The number of rotatable bonds is 5. The van der Waals surface area contributed by atoms with Gasteiger partial charge < -0.3 is 10.5 Å². The molecule has 0 aliphatic heterocycles. The highest BCUT2D eigenvalue weighted by atomic mass is 16.5. The zero-order valence-electron chi connectivity index (χ0n) is 8.02. The van der Waals surface area contributed by atoms with Gasteiger partial charge in [0.1, 0.15) is 0 Å². The Bertz CT molecular complexity index is 106. The van der Waals surface area contributed by atoms with Gasteiger partial charge in [-0.3, -0.25) is 0 Å². The van der Waals surface area contributed by atoms with E-state index in [9.17, 15) is 5.21 Å². The van der Waals surface area contributed by atoms with Crippen molar-refractivity contribution in [1.82, 2.24) is 10.4 Å². The minimum absolute atomic E-state index is 0.129. The molecule has 68 valence electrons. The van der Waals surface area contributed by atoms with Crippen LogP contribution in [-0.2, 0) is 0 Å². The summed E-state index contributed by atoms with van der Waals surface area (Å²) in [5.41, 5.74) is -0.129. The highest BCUT2D eigenvalue weighted by molar-refractivity contribution is 4.80. The second kappa shape index (κ2) is 4.70. The van der Waals surface area contributed by atoms with Crippen molar-refractivity contribution in [3.8, 4) is 0 Å². The van der Waals surface area contributed by atoms with Crippen LogP contribution in [0.3, 0.4) is 0 Å². The van der Waals surface area contributed by atoms with Crippen LogP contribution in [0.2, 0.25) is 0 Å². The number of nitrogens with one attached hydrogen (secondary N) is 1. The number of nitrogens with zero attached hydrogens (tertiary/aromatic N) is 1. The molecule has 0 spiro atoms. The summed E-state index contributed by atoms with van der Waals surface area (Å²) in [6.45, 7) is 7.95. The maximum atomic E-state index is 9.29. The van der Waals surface area contributed by atoms with Crippen molar-refractivity contribution in [2.24, 2.45) is 0 Å². The highest BCUT2D eigenvalue weighted by Gasteiger charge is 2.25. The van der Waals surface area contributed by atoms with Gasteiger partial charge in [0.25, 0.3) is 0 Å². The molecule has 0 aliphatic rings. The molecule has 0 amide bonds. The summed E-state index contributed by atoms with van der Waals surface area (Å²) < 4.78 is 0. The fourth-order valence-corrected chi connectivity index (χ4v) is 0.863. The van der Waals surface area contributed by atoms with Crippen LogP contribution in [0.5, 0.6) is 0 Å². The molecule has 0 heterocycles. The van der Waals surface area contributed by atoms with Gasteiger partial charge in [0.2, 0.25) is 0 Å². The fourth-order valence-electron chi connectivity index (χ4n) is 0.863. The van der Waals surface area contributed by atoms with Gasteiger partial charge in [0, 0.05) is 13.6 Å². The Labute approximate surface area is 69.4 Å². The Kier molecular flexibility index (Phi) is 4.65. The van der Waals surface area contributed by atoms with Crippen LogP contribution in [0.1, 0.15) is 27.2 Å². The maximum absolute atomic E-state index is 9.29. The molecular formula is C8H20N2O. The van der Waals surface area contributed by atoms with E-state index >= 15 is 0 Å². The first kappa shape index (κ1) is 10.9. The smallest absolute Gasteiger partial charge is 0.0550 e. The average Bonchev–Trinajstić information content (AvgIpc) is 2.00. The van der Waals surface area contributed by atoms with E-state index in [1.165, 1.54) is 5.06 Å². The van der Waals surface area contributed by atoms with Gasteiger partial charge in [-0.2, -0.15) is 5.06 Å². The second-order valence-corrected chi connectivity index (χ2v) is 3.15. The first-order valence-corrected chi connectivity index (χ1v) is 4.20. The molecule has 1 unspecified atom stereocenters. The molecule has 0 radical (unpaired) electrons. The third-order valence-corrected chi connectivity index (χ3v) is 2.30. The summed E-state index contributed by atoms with van der Waals surface area (Å²) in [6.07, 6.45) is 0.938. The number of hydrogen-bond acceptors (Lipinski definition) is 3. The normalized spacial score (nSPS) is 16.9. The lowest BCUT2D eigenvalue weighted by molar-refractivity contribution is -0.146. The van der Waals surface area contributed by atoms with Crippen LogP contribution in [-0.4, -0.2) is 35.9 Å². The van der Waals surface area contributed by atoms with Gasteiger partial charge in [0.05, 0.1) is 5.54 Å². The van der Waals surface area contributed by atoms with Gasteiger partial charge in [-0.1, -0.05) is 13.8 Å². The molecular weight excluding hydrogens is 140 g/mol. The summed E-state index contributed by atoms with van der Waals surface area (Å²) >= 11 is 0. The average molecular weight is 160 g/mol. The Morgan fingerprint density at radius 2 is 2.00 bits per heavy atom. The van der Waals surface area contributed by atoms with Crippen molar-refractivity contribution >= 4 is 0 Å². The molecule has 0 aromatic carbocycles. The largest absolute Gasteiger partial charge is 0.315 e. The number of hydroxylamine groups is 2. The van der Waals surface area contributed by atoms with Gasteiger partial charge in [-0.05, 0) is 19.9 Å². The third kappa shape index (κ3) is 3.18. The third-order valence-electron chi connectivity index (χ3n) is 2.30. The van der Waals surface area contributed by atoms with Crippen LogP contribution < -0.4 is 5.32 Å². The lowest BCUT2D eigenvalue weighted by Crippen LogP contribution is -2.49. The Morgan fingerprint density at radius 1 is 1.45 bits per heavy atom. The minimum atomic E-state index is -0.129. The van der Waals surface area contributed by atoms with E-state index in [4.69, 9.17) is 0 Å². The second-order valence-electron chi connectivity index (χ2n) is 3.15. The molecule has 0 bridgehead atoms. The Hall–Kier alpha value is -0.120. The molecule has 0 rings (SSSR count). The minimum Gasteiger partial charge on any atom is -0.315 e. The van der Waals surface area contributed by atoms with Crippen molar-refractivity contribution in [3.05, 3.63) is 0 Å². The predicted molar refractivity (Wildman–Crippen MR) is 46.8 cm³/mol. The van der Waals surface area contributed by atoms with Crippen molar-refractivity contribution in [1.29, 1.82) is 0 Å². The van der Waals surface area contributed by atoms with Gasteiger partial charge in [-0.25, -0.2) is 0 Å². The lowest BCUT2D eigenvalue weighted by Gasteiger charge is -2.33. The standard InChI is InChI=1S/C8H20N2O/c1-5-8(3,10(4)11)7-9-6-2/h9,11H,5-7H2,1-4H3. The summed E-state index contributed by atoms with van der Waals surface area (Å²) in [6, 6.07) is 0. The zero-order chi connectivity index (χ0) is 8.91. The topological polar surface area (TPSA) is 35.5 Å². The van der Waals surface area contributed by atoms with E-state index < -0.39 is 0 Å². The van der Waals surface area contributed by atoms with Crippen molar-refractivity contribution in [2.75, 3.05) is 20.1 Å². The molecule has 3 heteroatoms. The summed E-state index contributed by atoms with van der Waals surface area (Å²) in [5, 5.41) is 13.8. The van der Waals surface area contributed by atoms with E-state index in [-0.39, 0.29) is 5.54 Å². The maximum Gasteiger partial charge on any atom is 0.0550 e. The number of likely N-dealkylation sites (N-methyl/N-ethyl adjacent to an activating group) is 2. The molecule has 3 nitrogen and oxygen atoms in total. The molecule has 0 aromatic rings. The summed E-state index contributed by atoms with van der Waals surface area (Å²) in [5.74, 6) is 0. The zero-order valence-corrected chi connectivity index (χ0v) is 8.02. The van der Waals surface area contributed by atoms with Crippen LogP contribution in [0.4, 0.5) is 0 Å². The van der Waals surface area contributed by atoms with Crippen LogP contribution in [0.25, 0.3) is 0 Å². The highest BCUT2D eigenvalue weighted by Crippen LogP contribution is 2.13.